The van der Waals surface area contributed by atoms with Crippen LogP contribution in [-0.4, -0.2) is 11.4 Å². The van der Waals surface area contributed by atoms with Crippen LogP contribution in [0.4, 0.5) is 0 Å². The molecule has 0 saturated carbocycles. The molecule has 1 rings (SSSR count). The summed E-state index contributed by atoms with van der Waals surface area (Å²) in [6.07, 6.45) is 3.34. The Morgan fingerprint density at radius 2 is 2.56 bits per heavy atom. The molecule has 0 radical (unpaired) electrons. The topological polar surface area (TPSA) is 53.2 Å². The Balaban J connectivity index is 2.78. The van der Waals surface area contributed by atoms with Crippen LogP contribution in [0.5, 0.6) is 0 Å². The number of aliphatic hydroxyl groups excluding tert-OH is 1. The first kappa shape index (κ1) is 5.86. The third-order valence-corrected chi connectivity index (χ3v) is 0.957. The number of ether oxygens (including phenoxy) is 1. The van der Waals surface area contributed by atoms with Crippen molar-refractivity contribution in [2.24, 2.45) is 0 Å². The van der Waals surface area contributed by atoms with Crippen LogP contribution in [-0.2, 0) is 4.74 Å². The van der Waals surface area contributed by atoms with E-state index in [4.69, 9.17) is 10.4 Å². The highest BCUT2D eigenvalue weighted by atomic mass is 16.6. The van der Waals surface area contributed by atoms with Gasteiger partial charge in [0.15, 0.2) is 0 Å². The quantitative estimate of drug-likeness (QED) is 0.504. The number of hydrogen-bond donors (Lipinski definition) is 1. The van der Waals surface area contributed by atoms with Crippen molar-refractivity contribution in [1.82, 2.24) is 0 Å². The van der Waals surface area contributed by atoms with Crippen LogP contribution >= 0.6 is 0 Å². The van der Waals surface area contributed by atoms with Crippen molar-refractivity contribution in [1.29, 1.82) is 5.26 Å². The van der Waals surface area contributed by atoms with E-state index in [2.05, 4.69) is 4.74 Å². The van der Waals surface area contributed by atoms with Gasteiger partial charge in [0, 0.05) is 0 Å². The van der Waals surface area contributed by atoms with Crippen molar-refractivity contribution < 1.29 is 9.84 Å². The predicted molar refractivity (Wildman–Crippen MR) is 29.9 cm³/mol. The lowest BCUT2D eigenvalue weighted by atomic mass is 10.2. The Morgan fingerprint density at radius 3 is 3.00 bits per heavy atom. The van der Waals surface area contributed by atoms with Gasteiger partial charge in [-0.05, 0) is 12.2 Å². The molecule has 0 aromatic heterocycles. The summed E-state index contributed by atoms with van der Waals surface area (Å²) in [4.78, 5) is 0. The summed E-state index contributed by atoms with van der Waals surface area (Å²) < 4.78 is 4.57. The van der Waals surface area contributed by atoms with Crippen LogP contribution in [0, 0.1) is 11.3 Å². The molecule has 1 N–H and O–H groups in total. The fraction of sp³-hybridized carbons (Fsp3) is 0.167. The maximum atomic E-state index is 8.80. The van der Waals surface area contributed by atoms with E-state index in [9.17, 15) is 0 Å². The highest BCUT2D eigenvalue weighted by Crippen LogP contribution is 2.07. The molecule has 1 aliphatic rings. The second kappa shape index (κ2) is 2.33. The first-order valence-corrected chi connectivity index (χ1v) is 2.45. The zero-order chi connectivity index (χ0) is 6.69. The van der Waals surface area contributed by atoms with E-state index in [1.807, 2.05) is 0 Å². The number of allylic oxidation sites excluding steroid dienone is 2. The molecule has 1 aliphatic heterocycles. The highest BCUT2D eigenvalue weighted by molar-refractivity contribution is 5.29. The highest BCUT2D eigenvalue weighted by Gasteiger charge is 2.10. The molecule has 0 saturated heterocycles. The molecular weight excluding hydrogens is 118 g/mol. The Hall–Kier alpha value is -1.27. The number of nitriles is 1. The lowest BCUT2D eigenvalue weighted by Gasteiger charge is -2.10. The fourth-order valence-electron chi connectivity index (χ4n) is 0.511. The van der Waals surface area contributed by atoms with E-state index in [0.29, 0.717) is 0 Å². The van der Waals surface area contributed by atoms with Gasteiger partial charge in [-0.25, -0.2) is 0 Å². The summed E-state index contributed by atoms with van der Waals surface area (Å²) in [7, 11) is 0. The monoisotopic (exact) mass is 123 g/mol. The first-order valence-electron chi connectivity index (χ1n) is 2.45. The Labute approximate surface area is 52.5 Å². The van der Waals surface area contributed by atoms with E-state index >= 15 is 0 Å². The molecule has 0 aliphatic carbocycles. The van der Waals surface area contributed by atoms with Crippen LogP contribution in [0.25, 0.3) is 0 Å². The molecule has 1 atom stereocenters. The summed E-state index contributed by atoms with van der Waals surface area (Å²) in [5.74, 6) is 0. The van der Waals surface area contributed by atoms with E-state index in [1.54, 1.807) is 12.1 Å². The lowest BCUT2D eigenvalue weighted by molar-refractivity contribution is -0.0195. The third kappa shape index (κ3) is 1.09. The maximum Gasteiger partial charge on any atom is 0.233 e. The van der Waals surface area contributed by atoms with Gasteiger partial charge in [0.2, 0.25) is 6.29 Å². The predicted octanol–water partition coefficient (Wildman–Crippen LogP) is 0.299. The summed E-state index contributed by atoms with van der Waals surface area (Å²) in [5, 5.41) is 17.1. The van der Waals surface area contributed by atoms with Gasteiger partial charge in [-0.2, -0.15) is 5.26 Å². The molecule has 0 aromatic carbocycles. The molecule has 0 bridgehead atoms. The van der Waals surface area contributed by atoms with Crippen molar-refractivity contribution in [3.8, 4) is 6.07 Å². The molecule has 46 valence electrons. The molecular formula is C6H5NO2. The smallest absolute Gasteiger partial charge is 0.233 e. The Kier molecular flexibility index (Phi) is 1.52. The molecule has 1 unspecified atom stereocenters. The Bertz CT molecular complexity index is 200. The van der Waals surface area contributed by atoms with Crippen LogP contribution in [0.1, 0.15) is 0 Å². The minimum absolute atomic E-state index is 0.234. The van der Waals surface area contributed by atoms with Gasteiger partial charge in [-0.3, -0.25) is 0 Å². The zero-order valence-electron chi connectivity index (χ0n) is 4.61. The molecule has 3 nitrogen and oxygen atoms in total. The van der Waals surface area contributed by atoms with Gasteiger partial charge in [0.25, 0.3) is 0 Å². The SMILES string of the molecule is N#CC1=CC=COC1O. The van der Waals surface area contributed by atoms with Crippen molar-refractivity contribution in [3.05, 3.63) is 24.0 Å². The average Bonchev–Trinajstić information content (AvgIpc) is 1.89. The number of hydrogen-bond acceptors (Lipinski definition) is 3. The molecule has 3 heteroatoms. The number of nitrogens with zero attached hydrogens (tertiary/aromatic N) is 1. The maximum absolute atomic E-state index is 8.80. The van der Waals surface area contributed by atoms with E-state index in [0.717, 1.165) is 0 Å². The second-order valence-corrected chi connectivity index (χ2v) is 1.55. The van der Waals surface area contributed by atoms with Gasteiger partial charge in [-0.15, -0.1) is 0 Å². The lowest BCUT2D eigenvalue weighted by Crippen LogP contribution is -2.12. The molecule has 9 heavy (non-hydrogen) atoms. The summed E-state index contributed by atoms with van der Waals surface area (Å²) >= 11 is 0. The van der Waals surface area contributed by atoms with Gasteiger partial charge < -0.3 is 9.84 Å². The third-order valence-electron chi connectivity index (χ3n) is 0.957. The number of rotatable bonds is 0. The summed E-state index contributed by atoms with van der Waals surface area (Å²) in [5.41, 5.74) is 0.234. The molecule has 0 fully saturated rings. The van der Waals surface area contributed by atoms with E-state index < -0.39 is 6.29 Å². The minimum atomic E-state index is -1.07. The minimum Gasteiger partial charge on any atom is -0.468 e. The fourth-order valence-corrected chi connectivity index (χ4v) is 0.511. The average molecular weight is 123 g/mol. The van der Waals surface area contributed by atoms with E-state index in [-0.39, 0.29) is 5.57 Å². The summed E-state index contributed by atoms with van der Waals surface area (Å²) in [6, 6.07) is 1.79. The summed E-state index contributed by atoms with van der Waals surface area (Å²) in [6.45, 7) is 0. The molecule has 0 amide bonds. The number of aliphatic hydroxyl groups is 1. The van der Waals surface area contributed by atoms with Crippen LogP contribution < -0.4 is 0 Å². The Morgan fingerprint density at radius 1 is 1.78 bits per heavy atom. The van der Waals surface area contributed by atoms with Crippen molar-refractivity contribution in [2.75, 3.05) is 0 Å². The molecule has 1 heterocycles. The molecule has 0 aromatic rings. The zero-order valence-corrected chi connectivity index (χ0v) is 4.61. The van der Waals surface area contributed by atoms with Crippen LogP contribution in [0.15, 0.2) is 24.0 Å². The van der Waals surface area contributed by atoms with Gasteiger partial charge in [0.05, 0.1) is 11.8 Å². The van der Waals surface area contributed by atoms with Gasteiger partial charge in [0.1, 0.15) is 6.07 Å². The van der Waals surface area contributed by atoms with Gasteiger partial charge >= 0.3 is 0 Å². The molecule has 0 spiro atoms. The van der Waals surface area contributed by atoms with E-state index in [1.165, 1.54) is 12.3 Å². The second-order valence-electron chi connectivity index (χ2n) is 1.55. The first-order chi connectivity index (χ1) is 4.34. The largest absolute Gasteiger partial charge is 0.468 e. The van der Waals surface area contributed by atoms with Crippen molar-refractivity contribution in [2.45, 2.75) is 6.29 Å². The van der Waals surface area contributed by atoms with Gasteiger partial charge in [-0.1, -0.05) is 0 Å². The van der Waals surface area contributed by atoms with Crippen molar-refractivity contribution >= 4 is 0 Å². The van der Waals surface area contributed by atoms with Crippen molar-refractivity contribution in [3.63, 3.8) is 0 Å². The normalized spacial score (nSPS) is 24.0. The van der Waals surface area contributed by atoms with Crippen LogP contribution in [0.2, 0.25) is 0 Å². The standard InChI is InChI=1S/C6H5NO2/c7-4-5-2-1-3-9-6(5)8/h1-3,6,8H. The van der Waals surface area contributed by atoms with Crippen LogP contribution in [0.3, 0.4) is 0 Å².